The molecule has 2 N–H and O–H groups in total. The molecular formula is C18H19N4O4+. The fraction of sp³-hybridized carbons (Fsp3) is 0.167. The Morgan fingerprint density at radius 3 is 2.42 bits per heavy atom. The number of carbonyl (C=O) groups is 1. The molecule has 8 heteroatoms. The summed E-state index contributed by atoms with van der Waals surface area (Å²) in [5, 5.41) is 5.55. The van der Waals surface area contributed by atoms with Crippen LogP contribution in [-0.4, -0.2) is 30.0 Å². The molecule has 0 unspecified atom stereocenters. The molecular weight excluding hydrogens is 336 g/mol. The molecule has 26 heavy (non-hydrogen) atoms. The number of anilines is 1. The van der Waals surface area contributed by atoms with E-state index < -0.39 is 11.5 Å². The van der Waals surface area contributed by atoms with Crippen LogP contribution in [-0.2, 0) is 7.05 Å². The first-order valence-electron chi connectivity index (χ1n) is 7.84. The SMILES string of the molecule is COc1cccc(NC(=O)c2c(=O)n(-c3cccc(OC)c3)[nH][n+]2C)c1. The fourth-order valence-electron chi connectivity index (χ4n) is 2.56. The molecule has 0 aliphatic rings. The highest BCUT2D eigenvalue weighted by atomic mass is 16.5. The van der Waals surface area contributed by atoms with Gasteiger partial charge >= 0.3 is 17.2 Å². The van der Waals surface area contributed by atoms with Crippen LogP contribution in [0.2, 0.25) is 0 Å². The topological polar surface area (TPSA) is 89.2 Å². The van der Waals surface area contributed by atoms with E-state index >= 15 is 0 Å². The number of benzene rings is 2. The van der Waals surface area contributed by atoms with Crippen LogP contribution in [0.4, 0.5) is 5.69 Å². The van der Waals surface area contributed by atoms with Crippen molar-refractivity contribution in [1.82, 2.24) is 9.90 Å². The van der Waals surface area contributed by atoms with E-state index in [2.05, 4.69) is 10.5 Å². The lowest BCUT2D eigenvalue weighted by Gasteiger charge is -2.04. The van der Waals surface area contributed by atoms with Gasteiger partial charge in [-0.15, -0.1) is 0 Å². The van der Waals surface area contributed by atoms with Gasteiger partial charge in [-0.1, -0.05) is 22.0 Å². The molecule has 0 atom stereocenters. The molecule has 1 aromatic heterocycles. The monoisotopic (exact) mass is 355 g/mol. The summed E-state index contributed by atoms with van der Waals surface area (Å²) < 4.78 is 13.0. The van der Waals surface area contributed by atoms with Gasteiger partial charge in [0.25, 0.3) is 0 Å². The minimum absolute atomic E-state index is 0.0318. The predicted molar refractivity (Wildman–Crippen MR) is 95.1 cm³/mol. The molecule has 0 spiro atoms. The Kier molecular flexibility index (Phi) is 4.74. The number of rotatable bonds is 5. The first-order chi connectivity index (χ1) is 12.5. The van der Waals surface area contributed by atoms with Crippen molar-refractivity contribution in [2.75, 3.05) is 19.5 Å². The van der Waals surface area contributed by atoms with Gasteiger partial charge in [-0.05, 0) is 24.3 Å². The number of ether oxygens (including phenoxy) is 2. The van der Waals surface area contributed by atoms with Crippen LogP contribution in [0.1, 0.15) is 10.5 Å². The first kappa shape index (κ1) is 17.3. The number of amides is 1. The van der Waals surface area contributed by atoms with Gasteiger partial charge in [-0.3, -0.25) is 4.79 Å². The van der Waals surface area contributed by atoms with Crippen molar-refractivity contribution in [2.24, 2.45) is 7.05 Å². The Labute approximate surface area is 149 Å². The van der Waals surface area contributed by atoms with Crippen molar-refractivity contribution >= 4 is 11.6 Å². The van der Waals surface area contributed by atoms with Crippen LogP contribution in [0.3, 0.4) is 0 Å². The van der Waals surface area contributed by atoms with E-state index in [1.807, 2.05) is 0 Å². The molecule has 0 radical (unpaired) electrons. The third-order valence-electron chi connectivity index (χ3n) is 3.85. The van der Waals surface area contributed by atoms with Crippen LogP contribution in [0.15, 0.2) is 53.3 Å². The number of hydrogen-bond acceptors (Lipinski definition) is 4. The lowest BCUT2D eigenvalue weighted by atomic mass is 10.3. The summed E-state index contributed by atoms with van der Waals surface area (Å²) in [4.78, 5) is 25.3. The van der Waals surface area contributed by atoms with Crippen molar-refractivity contribution in [2.45, 2.75) is 0 Å². The van der Waals surface area contributed by atoms with Gasteiger partial charge in [-0.25, -0.2) is 4.79 Å². The average molecular weight is 355 g/mol. The van der Waals surface area contributed by atoms with E-state index in [-0.39, 0.29) is 5.69 Å². The van der Waals surface area contributed by atoms with Gasteiger partial charge in [-0.2, -0.15) is 4.68 Å². The molecule has 8 nitrogen and oxygen atoms in total. The van der Waals surface area contributed by atoms with Gasteiger partial charge in [0.05, 0.1) is 14.2 Å². The summed E-state index contributed by atoms with van der Waals surface area (Å²) in [6.45, 7) is 0. The zero-order chi connectivity index (χ0) is 18.7. The number of aryl methyl sites for hydroxylation is 1. The smallest absolute Gasteiger partial charge is 0.411 e. The van der Waals surface area contributed by atoms with Gasteiger partial charge in [0, 0.05) is 17.8 Å². The Hall–Kier alpha value is -3.55. The summed E-state index contributed by atoms with van der Waals surface area (Å²) in [5.74, 6) is 0.688. The summed E-state index contributed by atoms with van der Waals surface area (Å²) in [6, 6.07) is 13.9. The molecule has 1 heterocycles. The molecule has 3 aromatic rings. The highest BCUT2D eigenvalue weighted by Gasteiger charge is 2.27. The zero-order valence-electron chi connectivity index (χ0n) is 14.6. The maximum absolute atomic E-state index is 12.7. The van der Waals surface area contributed by atoms with Crippen LogP contribution >= 0.6 is 0 Å². The van der Waals surface area contributed by atoms with Crippen LogP contribution in [0.5, 0.6) is 11.5 Å². The van der Waals surface area contributed by atoms with Gasteiger partial charge in [0.15, 0.2) is 5.69 Å². The summed E-state index contributed by atoms with van der Waals surface area (Å²) in [7, 11) is 4.68. The van der Waals surface area contributed by atoms with Crippen molar-refractivity contribution < 1.29 is 19.0 Å². The molecule has 2 aromatic carbocycles. The standard InChI is InChI=1S/C18H18N4O4/c1-21-16(17(23)19-12-6-4-8-14(10-12)25-2)18(24)22(20-21)13-7-5-9-15(11-13)26-3/h4-11H,1-3H3,(H-,19,20,23,24)/p+1. The quantitative estimate of drug-likeness (QED) is 0.675. The van der Waals surface area contributed by atoms with Crippen LogP contribution in [0, 0.1) is 0 Å². The fourth-order valence-corrected chi connectivity index (χ4v) is 2.56. The Balaban J connectivity index is 1.94. The van der Waals surface area contributed by atoms with E-state index in [1.165, 1.54) is 9.36 Å². The van der Waals surface area contributed by atoms with Crippen molar-refractivity contribution in [3.8, 4) is 17.2 Å². The second kappa shape index (κ2) is 7.14. The molecule has 0 fully saturated rings. The normalized spacial score (nSPS) is 10.4. The molecule has 0 aliphatic carbocycles. The lowest BCUT2D eigenvalue weighted by Crippen LogP contribution is -2.41. The number of nitrogens with one attached hydrogen (secondary N) is 2. The van der Waals surface area contributed by atoms with E-state index in [1.54, 1.807) is 69.8 Å². The number of H-pyrrole nitrogens is 1. The van der Waals surface area contributed by atoms with Crippen molar-refractivity contribution in [1.29, 1.82) is 0 Å². The minimum Gasteiger partial charge on any atom is -0.497 e. The average Bonchev–Trinajstić information content (AvgIpc) is 2.96. The minimum atomic E-state index is -0.524. The number of hydrogen-bond donors (Lipinski definition) is 2. The van der Waals surface area contributed by atoms with Gasteiger partial charge < -0.3 is 14.8 Å². The molecule has 0 saturated carbocycles. The largest absolute Gasteiger partial charge is 0.497 e. The van der Waals surface area contributed by atoms with Gasteiger partial charge in [0.2, 0.25) is 0 Å². The number of methoxy groups -OCH3 is 2. The van der Waals surface area contributed by atoms with E-state index in [4.69, 9.17) is 9.47 Å². The zero-order valence-corrected chi connectivity index (χ0v) is 14.6. The number of aromatic nitrogens is 3. The highest BCUT2D eigenvalue weighted by molar-refractivity contribution is 6.01. The summed E-state index contributed by atoms with van der Waals surface area (Å²) in [6.07, 6.45) is 0. The molecule has 3 rings (SSSR count). The maximum Gasteiger partial charge on any atom is 0.411 e. The Bertz CT molecular complexity index is 1010. The third kappa shape index (κ3) is 3.30. The summed E-state index contributed by atoms with van der Waals surface area (Å²) >= 11 is 0. The molecule has 0 bridgehead atoms. The van der Waals surface area contributed by atoms with Crippen LogP contribution < -0.4 is 25.0 Å². The van der Waals surface area contributed by atoms with Crippen molar-refractivity contribution in [3.63, 3.8) is 0 Å². The molecule has 0 saturated heterocycles. The number of aromatic amines is 1. The maximum atomic E-state index is 12.7. The van der Waals surface area contributed by atoms with Crippen LogP contribution in [0.25, 0.3) is 5.69 Å². The van der Waals surface area contributed by atoms with E-state index in [0.717, 1.165) is 0 Å². The van der Waals surface area contributed by atoms with E-state index in [0.29, 0.717) is 22.9 Å². The second-order valence-electron chi connectivity index (χ2n) is 5.54. The summed E-state index contributed by atoms with van der Waals surface area (Å²) in [5.41, 5.74) is 0.588. The number of nitrogens with zero attached hydrogens (tertiary/aromatic N) is 2. The van der Waals surface area contributed by atoms with E-state index in [9.17, 15) is 9.59 Å². The Morgan fingerprint density at radius 1 is 1.08 bits per heavy atom. The Morgan fingerprint density at radius 2 is 1.73 bits per heavy atom. The predicted octanol–water partition coefficient (Wildman–Crippen LogP) is 1.26. The molecule has 134 valence electrons. The highest BCUT2D eigenvalue weighted by Crippen LogP contribution is 2.17. The second-order valence-corrected chi connectivity index (χ2v) is 5.54. The third-order valence-corrected chi connectivity index (χ3v) is 3.85. The molecule has 0 aliphatic heterocycles. The van der Waals surface area contributed by atoms with Crippen molar-refractivity contribution in [3.05, 3.63) is 64.6 Å². The van der Waals surface area contributed by atoms with Gasteiger partial charge in [0.1, 0.15) is 18.5 Å². The molecule has 1 amide bonds. The number of carbonyl (C=O) groups excluding carboxylic acids is 1. The lowest BCUT2D eigenvalue weighted by molar-refractivity contribution is -0.733. The first-order valence-corrected chi connectivity index (χ1v) is 7.84.